The van der Waals surface area contributed by atoms with Gasteiger partial charge in [-0.2, -0.15) is 0 Å². The van der Waals surface area contributed by atoms with Crippen molar-refractivity contribution in [1.82, 2.24) is 14.7 Å². The van der Waals surface area contributed by atoms with Gasteiger partial charge in [0.1, 0.15) is 12.4 Å². The molecule has 0 atom stereocenters. The van der Waals surface area contributed by atoms with Gasteiger partial charge in [0.15, 0.2) is 0 Å². The van der Waals surface area contributed by atoms with E-state index < -0.39 is 16.9 Å². The van der Waals surface area contributed by atoms with Gasteiger partial charge in [0.25, 0.3) is 16.9 Å². The number of nitrogens with zero attached hydrogens (tertiary/aromatic N) is 4. The first-order valence-corrected chi connectivity index (χ1v) is 9.27. The molecule has 2 aliphatic heterocycles. The van der Waals surface area contributed by atoms with Crippen molar-refractivity contribution in [3.63, 3.8) is 0 Å². The molecule has 152 valence electrons. The zero-order valence-corrected chi connectivity index (χ0v) is 15.8. The van der Waals surface area contributed by atoms with Gasteiger partial charge in [-0.15, -0.1) is 10.1 Å². The quantitative estimate of drug-likeness (QED) is 0.259. The average Bonchev–Trinajstić information content (AvgIpc) is 2.91. The summed E-state index contributed by atoms with van der Waals surface area (Å²) in [4.78, 5) is 44.8. The lowest BCUT2D eigenvalue weighted by Crippen LogP contribution is -2.44. The van der Waals surface area contributed by atoms with Crippen molar-refractivity contribution in [3.8, 4) is 5.75 Å². The van der Waals surface area contributed by atoms with Crippen LogP contribution in [-0.2, 0) is 4.84 Å². The number of amides is 2. The molecule has 1 aromatic rings. The van der Waals surface area contributed by atoms with Gasteiger partial charge in [-0.25, -0.2) is 0 Å². The van der Waals surface area contributed by atoms with E-state index in [1.807, 2.05) is 0 Å². The second kappa shape index (κ2) is 8.98. The Morgan fingerprint density at radius 1 is 1.04 bits per heavy atom. The van der Waals surface area contributed by atoms with E-state index in [0.29, 0.717) is 12.4 Å². The maximum atomic E-state index is 12.4. The molecule has 0 N–H and O–H groups in total. The van der Waals surface area contributed by atoms with Crippen molar-refractivity contribution in [2.24, 2.45) is 0 Å². The molecule has 0 aliphatic carbocycles. The van der Waals surface area contributed by atoms with Gasteiger partial charge < -0.3 is 19.4 Å². The second-order valence-corrected chi connectivity index (χ2v) is 6.87. The number of piperazine rings is 1. The van der Waals surface area contributed by atoms with Gasteiger partial charge >= 0.3 is 0 Å². The molecule has 10 heteroatoms. The Kier molecular flexibility index (Phi) is 6.42. The number of ether oxygens (including phenoxy) is 1. The van der Waals surface area contributed by atoms with Crippen LogP contribution in [0.3, 0.4) is 0 Å². The predicted molar refractivity (Wildman–Crippen MR) is 98.8 cm³/mol. The predicted octanol–water partition coefficient (Wildman–Crippen LogP) is 0.507. The summed E-state index contributed by atoms with van der Waals surface area (Å²) in [5.74, 6) is -0.440. The van der Waals surface area contributed by atoms with Crippen LogP contribution in [0.1, 0.15) is 27.1 Å². The van der Waals surface area contributed by atoms with Crippen LogP contribution in [-0.4, -0.2) is 91.1 Å². The van der Waals surface area contributed by atoms with Crippen molar-refractivity contribution in [3.05, 3.63) is 39.4 Å². The maximum Gasteiger partial charge on any atom is 0.294 e. The molecule has 1 aromatic carbocycles. The summed E-state index contributed by atoms with van der Waals surface area (Å²) in [6, 6.07) is 4.77. The van der Waals surface area contributed by atoms with E-state index in [9.17, 15) is 19.7 Å². The van der Waals surface area contributed by atoms with Gasteiger partial charge in [0.05, 0.1) is 24.3 Å². The molecule has 2 aliphatic rings. The van der Waals surface area contributed by atoms with Crippen molar-refractivity contribution >= 4 is 11.8 Å². The number of benzene rings is 1. The molecule has 0 spiro atoms. The fourth-order valence-corrected chi connectivity index (χ4v) is 3.32. The lowest BCUT2D eigenvalue weighted by molar-refractivity contribution is -0.757. The number of carbonyl (C=O) groups excluding carboxylic acids is 2. The molecule has 0 radical (unpaired) electrons. The smallest absolute Gasteiger partial charge is 0.294 e. The van der Waals surface area contributed by atoms with E-state index in [-0.39, 0.29) is 24.3 Å². The van der Waals surface area contributed by atoms with Gasteiger partial charge in [0, 0.05) is 32.7 Å². The number of hydrogen-bond donors (Lipinski definition) is 0. The molecule has 0 aromatic heterocycles. The van der Waals surface area contributed by atoms with Crippen molar-refractivity contribution in [1.29, 1.82) is 0 Å². The largest absolute Gasteiger partial charge is 0.494 e. The number of fused-ring (bicyclic) bond motifs is 1. The summed E-state index contributed by atoms with van der Waals surface area (Å²) < 4.78 is 5.74. The molecule has 28 heavy (non-hydrogen) atoms. The highest BCUT2D eigenvalue weighted by Crippen LogP contribution is 2.26. The Hall–Kier alpha value is -2.72. The summed E-state index contributed by atoms with van der Waals surface area (Å²) in [6.07, 6.45) is 0.873. The third-order valence-corrected chi connectivity index (χ3v) is 4.94. The fourth-order valence-electron chi connectivity index (χ4n) is 3.32. The molecule has 0 unspecified atom stereocenters. The highest BCUT2D eigenvalue weighted by molar-refractivity contribution is 6.21. The summed E-state index contributed by atoms with van der Waals surface area (Å²) in [7, 11) is 2.12. The minimum absolute atomic E-state index is 0.172. The van der Waals surface area contributed by atoms with Crippen molar-refractivity contribution in [2.75, 3.05) is 59.5 Å². The van der Waals surface area contributed by atoms with E-state index in [4.69, 9.17) is 4.74 Å². The average molecular weight is 392 g/mol. The zero-order valence-electron chi connectivity index (χ0n) is 15.8. The Bertz CT molecular complexity index is 748. The minimum Gasteiger partial charge on any atom is -0.494 e. The molecule has 1 saturated heterocycles. The summed E-state index contributed by atoms with van der Waals surface area (Å²) in [6.45, 7) is 5.22. The molecule has 1 fully saturated rings. The molecular weight excluding hydrogens is 368 g/mol. The molecule has 0 bridgehead atoms. The maximum absolute atomic E-state index is 12.4. The zero-order chi connectivity index (χ0) is 20.1. The van der Waals surface area contributed by atoms with E-state index in [0.717, 1.165) is 44.0 Å². The van der Waals surface area contributed by atoms with Crippen LogP contribution in [0.2, 0.25) is 0 Å². The SMILES string of the molecule is CN1CCN(CCCOc2ccc3c(c2)C(=O)N(CCO[N+](=O)[O-])C3=O)CC1. The van der Waals surface area contributed by atoms with Crippen LogP contribution in [0.15, 0.2) is 18.2 Å². The molecule has 2 heterocycles. The van der Waals surface area contributed by atoms with Crippen molar-refractivity contribution in [2.45, 2.75) is 6.42 Å². The Morgan fingerprint density at radius 2 is 1.75 bits per heavy atom. The standard InChI is InChI=1S/C18H24N4O6/c1-19-6-8-20(9-7-19)5-2-11-27-14-3-4-15-16(13-14)18(24)21(17(15)23)10-12-28-22(25)26/h3-4,13H,2,5-12H2,1H3. The van der Waals surface area contributed by atoms with Gasteiger partial charge in [-0.3, -0.25) is 14.5 Å². The van der Waals surface area contributed by atoms with Gasteiger partial charge in [-0.05, 0) is 31.7 Å². The molecule has 3 rings (SSSR count). The summed E-state index contributed by atoms with van der Waals surface area (Å²) >= 11 is 0. The first kappa shape index (κ1) is 20.0. The summed E-state index contributed by atoms with van der Waals surface area (Å²) in [5, 5.41) is 9.26. The number of likely N-dealkylation sites (N-methyl/N-ethyl adjacent to an activating group) is 1. The first-order valence-electron chi connectivity index (χ1n) is 9.27. The highest BCUT2D eigenvalue weighted by atomic mass is 16.9. The van der Waals surface area contributed by atoms with E-state index in [1.54, 1.807) is 18.2 Å². The first-order chi connectivity index (χ1) is 13.5. The van der Waals surface area contributed by atoms with E-state index in [2.05, 4.69) is 21.7 Å². The topological polar surface area (TPSA) is 105 Å². The summed E-state index contributed by atoms with van der Waals surface area (Å²) in [5.41, 5.74) is 0.526. The van der Waals surface area contributed by atoms with Crippen molar-refractivity contribution < 1.29 is 24.3 Å². The molecule has 0 saturated carbocycles. The van der Waals surface area contributed by atoms with Crippen LogP contribution in [0, 0.1) is 10.1 Å². The molecule has 10 nitrogen and oxygen atoms in total. The van der Waals surface area contributed by atoms with Crippen LogP contribution in [0.5, 0.6) is 5.75 Å². The Balaban J connectivity index is 1.49. The van der Waals surface area contributed by atoms with E-state index in [1.165, 1.54) is 0 Å². The molecular formula is C18H24N4O6. The minimum atomic E-state index is -0.952. The van der Waals surface area contributed by atoms with Crippen LogP contribution < -0.4 is 4.74 Å². The molecule has 2 amide bonds. The Labute approximate surface area is 162 Å². The highest BCUT2D eigenvalue weighted by Gasteiger charge is 2.35. The number of imide groups is 1. The monoisotopic (exact) mass is 392 g/mol. The number of rotatable bonds is 9. The third-order valence-electron chi connectivity index (χ3n) is 4.94. The lowest BCUT2D eigenvalue weighted by atomic mass is 10.1. The van der Waals surface area contributed by atoms with Crippen LogP contribution >= 0.6 is 0 Å². The lowest BCUT2D eigenvalue weighted by Gasteiger charge is -2.32. The number of carbonyl (C=O) groups is 2. The van der Waals surface area contributed by atoms with Gasteiger partial charge in [0.2, 0.25) is 0 Å². The second-order valence-electron chi connectivity index (χ2n) is 6.87. The number of hydrogen-bond acceptors (Lipinski definition) is 8. The van der Waals surface area contributed by atoms with Crippen LogP contribution in [0.25, 0.3) is 0 Å². The normalized spacial score (nSPS) is 17.7. The van der Waals surface area contributed by atoms with Crippen LogP contribution in [0.4, 0.5) is 0 Å². The fraction of sp³-hybridized carbons (Fsp3) is 0.556. The van der Waals surface area contributed by atoms with E-state index >= 15 is 0 Å². The Morgan fingerprint density at radius 3 is 2.46 bits per heavy atom. The van der Waals surface area contributed by atoms with Gasteiger partial charge in [-0.1, -0.05) is 0 Å². The third kappa shape index (κ3) is 4.76.